The van der Waals surface area contributed by atoms with Crippen LogP contribution < -0.4 is 0 Å². The number of aryl methyl sites for hydroxylation is 3. The Morgan fingerprint density at radius 3 is 2.20 bits per heavy atom. The highest BCUT2D eigenvalue weighted by Gasteiger charge is 2.23. The van der Waals surface area contributed by atoms with Gasteiger partial charge >= 0.3 is 5.12 Å². The number of hydrogen-bond acceptors (Lipinski definition) is 2. The van der Waals surface area contributed by atoms with Crippen LogP contribution in [0.3, 0.4) is 0 Å². The first kappa shape index (κ1) is 17.0. The van der Waals surface area contributed by atoms with Gasteiger partial charge in [0.05, 0.1) is 5.92 Å². The molecular formula is C17H25O2S+. The van der Waals surface area contributed by atoms with Crippen LogP contribution in [0, 0.1) is 26.7 Å². The maximum Gasteiger partial charge on any atom is 0.364 e. The summed E-state index contributed by atoms with van der Waals surface area (Å²) in [6.07, 6.45) is 0.464. The van der Waals surface area contributed by atoms with Gasteiger partial charge in [-0.05, 0) is 51.3 Å². The van der Waals surface area contributed by atoms with Gasteiger partial charge < -0.3 is 0 Å². The number of benzene rings is 1. The smallest absolute Gasteiger partial charge is 0.286 e. The van der Waals surface area contributed by atoms with Crippen LogP contribution >= 0.6 is 11.8 Å². The number of hydrogen-bond donors (Lipinski definition) is 0. The Bertz CT molecular complexity index is 493. The Kier molecular flexibility index (Phi) is 6.47. The molecule has 1 aromatic carbocycles. The Balaban J connectivity index is 2.84. The van der Waals surface area contributed by atoms with Crippen LogP contribution in [0.15, 0.2) is 12.1 Å². The van der Waals surface area contributed by atoms with Crippen molar-refractivity contribution in [3.8, 4) is 0 Å². The first-order valence-corrected chi connectivity index (χ1v) is 7.93. The van der Waals surface area contributed by atoms with Crippen LogP contribution in [-0.4, -0.2) is 16.8 Å². The molecule has 3 heteroatoms. The normalized spacial score (nSPS) is 12.1. The van der Waals surface area contributed by atoms with Gasteiger partial charge in [-0.15, -0.1) is 0 Å². The molecule has 0 unspecified atom stereocenters. The molecule has 0 aromatic heterocycles. The summed E-state index contributed by atoms with van der Waals surface area (Å²) < 4.78 is 5.55. The maximum atomic E-state index is 12.3. The van der Waals surface area contributed by atoms with Crippen LogP contribution in [0.4, 0.5) is 0 Å². The van der Waals surface area contributed by atoms with Crippen molar-refractivity contribution in [2.45, 2.75) is 48.0 Å². The first-order chi connectivity index (χ1) is 9.35. The minimum Gasteiger partial charge on any atom is -0.286 e. The molecule has 1 rings (SSSR count). The summed E-state index contributed by atoms with van der Waals surface area (Å²) >= 11 is 1.25. The van der Waals surface area contributed by atoms with Crippen LogP contribution in [0.1, 0.15) is 43.0 Å². The van der Waals surface area contributed by atoms with Crippen molar-refractivity contribution in [3.63, 3.8) is 0 Å². The van der Waals surface area contributed by atoms with Gasteiger partial charge in [0.1, 0.15) is 0 Å². The Morgan fingerprint density at radius 2 is 1.75 bits per heavy atom. The van der Waals surface area contributed by atoms with Crippen molar-refractivity contribution in [2.24, 2.45) is 5.92 Å². The van der Waals surface area contributed by atoms with E-state index in [2.05, 4.69) is 32.9 Å². The van der Waals surface area contributed by atoms with Gasteiger partial charge in [-0.2, -0.15) is 0 Å². The van der Waals surface area contributed by atoms with E-state index in [9.17, 15) is 4.79 Å². The second kappa shape index (κ2) is 7.63. The summed E-state index contributed by atoms with van der Waals surface area (Å²) in [6.45, 7) is 12.9. The van der Waals surface area contributed by atoms with Gasteiger partial charge in [0.25, 0.3) is 6.61 Å². The van der Waals surface area contributed by atoms with E-state index >= 15 is 0 Å². The summed E-state index contributed by atoms with van der Waals surface area (Å²) in [5.41, 5.74) is 4.78. The van der Waals surface area contributed by atoms with E-state index in [4.69, 9.17) is 4.42 Å². The van der Waals surface area contributed by atoms with E-state index < -0.39 is 0 Å². The van der Waals surface area contributed by atoms with Gasteiger partial charge in [-0.25, -0.2) is 0 Å². The Morgan fingerprint density at radius 1 is 1.20 bits per heavy atom. The molecule has 2 nitrogen and oxygen atoms in total. The van der Waals surface area contributed by atoms with Crippen molar-refractivity contribution >= 4 is 22.0 Å². The Hall–Kier alpha value is -1.09. The van der Waals surface area contributed by atoms with E-state index in [0.717, 1.165) is 10.7 Å². The first-order valence-electron chi connectivity index (χ1n) is 7.12. The third-order valence-electron chi connectivity index (χ3n) is 3.13. The predicted molar refractivity (Wildman–Crippen MR) is 87.3 cm³/mol. The van der Waals surface area contributed by atoms with E-state index in [1.54, 1.807) is 0 Å². The monoisotopic (exact) mass is 293 g/mol. The minimum atomic E-state index is 0.150. The van der Waals surface area contributed by atoms with E-state index in [1.165, 1.54) is 28.5 Å². The molecule has 0 fully saturated rings. The largest absolute Gasteiger partial charge is 0.364 e. The number of thioether (sulfide) groups is 1. The van der Waals surface area contributed by atoms with Crippen LogP contribution in [0.2, 0.25) is 0 Å². The molecule has 0 bridgehead atoms. The van der Waals surface area contributed by atoms with Crippen LogP contribution in [0.25, 0.3) is 0 Å². The lowest BCUT2D eigenvalue weighted by atomic mass is 9.98. The molecule has 0 N–H and O–H groups in total. The van der Waals surface area contributed by atoms with Crippen molar-refractivity contribution in [3.05, 3.63) is 34.4 Å². The average Bonchev–Trinajstić information content (AvgIpc) is 2.33. The maximum absolute atomic E-state index is 12.3. The van der Waals surface area contributed by atoms with Crippen LogP contribution in [-0.2, 0) is 15.6 Å². The van der Waals surface area contributed by atoms with Gasteiger partial charge in [-0.3, -0.25) is 9.22 Å². The fourth-order valence-electron chi connectivity index (χ4n) is 2.24. The molecule has 0 atom stereocenters. The summed E-state index contributed by atoms with van der Waals surface area (Å²) in [5.74, 6) is 0.254. The molecule has 0 saturated heterocycles. The van der Waals surface area contributed by atoms with E-state index in [1.807, 2.05) is 20.8 Å². The zero-order valence-electron chi connectivity index (χ0n) is 13.4. The van der Waals surface area contributed by atoms with Crippen molar-refractivity contribution < 1.29 is 9.22 Å². The van der Waals surface area contributed by atoms with Crippen molar-refractivity contribution in [1.29, 1.82) is 0 Å². The van der Waals surface area contributed by atoms with Gasteiger partial charge in [0.15, 0.2) is 0 Å². The number of carbonyl (C=O) groups is 1. The number of rotatable bonds is 4. The molecule has 110 valence electrons. The Labute approximate surface area is 126 Å². The average molecular weight is 293 g/mol. The second-order valence-corrected chi connectivity index (χ2v) is 6.50. The summed E-state index contributed by atoms with van der Waals surface area (Å²) in [6, 6.07) is 4.27. The zero-order chi connectivity index (χ0) is 15.3. The SMILES string of the molecule is CC[O+]=C(SC(=O)Cc1c(C)cc(C)cc1C)C(C)C. The fraction of sp³-hybridized carbons (Fsp3) is 0.529. The van der Waals surface area contributed by atoms with Gasteiger partial charge in [0, 0.05) is 25.1 Å². The third-order valence-corrected chi connectivity index (χ3v) is 4.30. The molecule has 0 saturated carbocycles. The highest BCUT2D eigenvalue weighted by atomic mass is 32.2. The third kappa shape index (κ3) is 4.78. The highest BCUT2D eigenvalue weighted by molar-refractivity contribution is 8.26. The van der Waals surface area contributed by atoms with E-state index in [-0.39, 0.29) is 11.0 Å². The van der Waals surface area contributed by atoms with Gasteiger partial charge in [0.2, 0.25) is 5.12 Å². The topological polar surface area (TPSA) is 28.4 Å². The molecule has 0 spiro atoms. The lowest BCUT2D eigenvalue weighted by Crippen LogP contribution is -2.12. The quantitative estimate of drug-likeness (QED) is 0.780. The molecule has 0 aliphatic heterocycles. The molecule has 0 amide bonds. The molecule has 0 heterocycles. The summed E-state index contributed by atoms with van der Waals surface area (Å²) in [4.78, 5) is 12.3. The fourth-order valence-corrected chi connectivity index (χ4v) is 3.09. The van der Waals surface area contributed by atoms with Crippen molar-refractivity contribution in [1.82, 2.24) is 0 Å². The lowest BCUT2D eigenvalue weighted by Gasteiger charge is -2.10. The molecule has 1 aromatic rings. The number of carbonyl (C=O) groups excluding carboxylic acids is 2. The second-order valence-electron chi connectivity index (χ2n) is 5.43. The summed E-state index contributed by atoms with van der Waals surface area (Å²) in [7, 11) is 0. The molecular weight excluding hydrogens is 268 g/mol. The predicted octanol–water partition coefficient (Wildman–Crippen LogP) is 4.15. The summed E-state index contributed by atoms with van der Waals surface area (Å²) in [5, 5.41) is 0.970. The standard InChI is InChI=1S/C17H25O2S/c1-7-19-17(11(2)3)20-16(18)10-15-13(5)8-12(4)9-14(15)6/h8-9,11H,7,10H2,1-6H3/q+1. The highest BCUT2D eigenvalue weighted by Crippen LogP contribution is 2.21. The van der Waals surface area contributed by atoms with Gasteiger partial charge in [-0.1, -0.05) is 17.7 Å². The van der Waals surface area contributed by atoms with E-state index in [0.29, 0.717) is 13.0 Å². The molecule has 0 aliphatic rings. The molecule has 0 radical (unpaired) electrons. The van der Waals surface area contributed by atoms with Crippen LogP contribution in [0.5, 0.6) is 0 Å². The zero-order valence-corrected chi connectivity index (χ0v) is 14.2. The molecule has 0 aliphatic carbocycles. The van der Waals surface area contributed by atoms with Crippen molar-refractivity contribution in [2.75, 3.05) is 6.61 Å². The minimum absolute atomic E-state index is 0.150. The lowest BCUT2D eigenvalue weighted by molar-refractivity contribution is -0.451. The molecule has 20 heavy (non-hydrogen) atoms.